The van der Waals surface area contributed by atoms with E-state index in [-0.39, 0.29) is 36.8 Å². The summed E-state index contributed by atoms with van der Waals surface area (Å²) in [6.07, 6.45) is 8.48. The SMILES string of the molecule is COc1cc(C)c(N=CC2CCCN2C=O)cc1OCCCC(=O)Nc1cc(C(=O)Nc2cc(C(=O)N(C)C)n(C)c2)n(C)c1. The Hall–Kier alpha value is -5.07. The quantitative estimate of drug-likeness (QED) is 0.170. The molecule has 13 nitrogen and oxygen atoms in total. The Morgan fingerprint density at radius 1 is 1.02 bits per heavy atom. The van der Waals surface area contributed by atoms with Crippen molar-refractivity contribution in [1.82, 2.24) is 18.9 Å². The number of aliphatic imine (C=N–C) groups is 1. The first-order chi connectivity index (χ1) is 21.5. The van der Waals surface area contributed by atoms with Gasteiger partial charge >= 0.3 is 0 Å². The number of likely N-dealkylation sites (tertiary alicyclic amines) is 1. The minimum atomic E-state index is -0.374. The zero-order chi connectivity index (χ0) is 32.7. The lowest BCUT2D eigenvalue weighted by Crippen LogP contribution is -2.28. The number of methoxy groups -OCH3 is 1. The first kappa shape index (κ1) is 32.8. The number of carbonyl (C=O) groups excluding carboxylic acids is 4. The molecule has 45 heavy (non-hydrogen) atoms. The highest BCUT2D eigenvalue weighted by atomic mass is 16.5. The van der Waals surface area contributed by atoms with Crippen molar-refractivity contribution < 1.29 is 28.7 Å². The van der Waals surface area contributed by atoms with E-state index >= 15 is 0 Å². The van der Waals surface area contributed by atoms with Crippen LogP contribution in [0.15, 0.2) is 41.7 Å². The summed E-state index contributed by atoms with van der Waals surface area (Å²) in [6, 6.07) is 6.85. The van der Waals surface area contributed by atoms with Gasteiger partial charge in [0.15, 0.2) is 11.5 Å². The van der Waals surface area contributed by atoms with Crippen LogP contribution in [0.2, 0.25) is 0 Å². The fourth-order valence-electron chi connectivity index (χ4n) is 5.10. The third-order valence-corrected chi connectivity index (χ3v) is 7.56. The number of nitrogens with zero attached hydrogens (tertiary/aromatic N) is 5. The summed E-state index contributed by atoms with van der Waals surface area (Å²) >= 11 is 0. The smallest absolute Gasteiger partial charge is 0.272 e. The number of hydrogen-bond donors (Lipinski definition) is 2. The lowest BCUT2D eigenvalue weighted by atomic mass is 10.1. The van der Waals surface area contributed by atoms with E-state index in [1.165, 1.54) is 4.90 Å². The molecule has 0 aliphatic carbocycles. The first-order valence-electron chi connectivity index (χ1n) is 14.7. The van der Waals surface area contributed by atoms with E-state index in [4.69, 9.17) is 9.47 Å². The van der Waals surface area contributed by atoms with Gasteiger partial charge in [-0.1, -0.05) is 0 Å². The Morgan fingerprint density at radius 3 is 2.40 bits per heavy atom. The van der Waals surface area contributed by atoms with Crippen molar-refractivity contribution in [2.75, 3.05) is 45.0 Å². The third kappa shape index (κ3) is 8.11. The van der Waals surface area contributed by atoms with Crippen molar-refractivity contribution in [2.45, 2.75) is 38.6 Å². The van der Waals surface area contributed by atoms with Crippen LogP contribution < -0.4 is 20.1 Å². The molecule has 1 atom stereocenters. The lowest BCUT2D eigenvalue weighted by molar-refractivity contribution is -0.118. The minimum absolute atomic E-state index is 0.0148. The van der Waals surface area contributed by atoms with E-state index in [2.05, 4.69) is 15.6 Å². The molecule has 3 heterocycles. The summed E-state index contributed by atoms with van der Waals surface area (Å²) in [5.41, 5.74) is 3.40. The fraction of sp³-hybridized carbons (Fsp3) is 0.406. The van der Waals surface area contributed by atoms with Crippen LogP contribution in [0.5, 0.6) is 11.5 Å². The van der Waals surface area contributed by atoms with Crippen LogP contribution in [-0.4, -0.2) is 89.7 Å². The van der Waals surface area contributed by atoms with E-state index in [1.54, 1.807) is 86.1 Å². The Labute approximate surface area is 262 Å². The second kappa shape index (κ2) is 14.6. The summed E-state index contributed by atoms with van der Waals surface area (Å²) in [4.78, 5) is 57.0. The zero-order valence-electron chi connectivity index (χ0n) is 26.6. The van der Waals surface area contributed by atoms with Gasteiger partial charge in [0.25, 0.3) is 11.8 Å². The predicted octanol–water partition coefficient (Wildman–Crippen LogP) is 3.76. The maximum absolute atomic E-state index is 12.9. The molecule has 2 N–H and O–H groups in total. The number of nitrogens with one attached hydrogen (secondary N) is 2. The van der Waals surface area contributed by atoms with Crippen molar-refractivity contribution in [3.8, 4) is 11.5 Å². The van der Waals surface area contributed by atoms with Crippen molar-refractivity contribution >= 4 is 47.4 Å². The van der Waals surface area contributed by atoms with Gasteiger partial charge in [-0.2, -0.15) is 0 Å². The number of carbonyl (C=O) groups is 4. The van der Waals surface area contributed by atoms with Crippen molar-refractivity contribution in [1.29, 1.82) is 0 Å². The molecule has 1 aliphatic rings. The molecule has 1 fully saturated rings. The van der Waals surface area contributed by atoms with Crippen LogP contribution in [0, 0.1) is 6.92 Å². The highest BCUT2D eigenvalue weighted by molar-refractivity contribution is 6.05. The standard InChI is InChI=1S/C32H41N7O6/c1-21-13-28(44-6)29(16-25(21)33-17-24-9-7-11-39(24)20-40)45-12-8-10-30(41)34-22-14-26(37(4)18-22)31(42)35-23-15-27(38(5)19-23)32(43)36(2)3/h13-20,24H,7-12H2,1-6H3,(H,34,41)(H,35,42). The fourth-order valence-corrected chi connectivity index (χ4v) is 5.10. The maximum atomic E-state index is 12.9. The molecular formula is C32H41N7O6. The summed E-state index contributed by atoms with van der Waals surface area (Å²) in [7, 11) is 8.34. The van der Waals surface area contributed by atoms with Crippen LogP contribution in [0.4, 0.5) is 17.1 Å². The number of hydrogen-bond acceptors (Lipinski definition) is 7. The molecule has 1 unspecified atom stereocenters. The number of amides is 4. The van der Waals surface area contributed by atoms with Crippen molar-refractivity contribution in [2.24, 2.45) is 19.1 Å². The van der Waals surface area contributed by atoms with Gasteiger partial charge in [-0.25, -0.2) is 0 Å². The molecule has 0 spiro atoms. The second-order valence-corrected chi connectivity index (χ2v) is 11.2. The van der Waals surface area contributed by atoms with Gasteiger partial charge in [-0.3, -0.25) is 24.2 Å². The lowest BCUT2D eigenvalue weighted by Gasteiger charge is -2.16. The molecule has 3 aromatic rings. The largest absolute Gasteiger partial charge is 0.493 e. The van der Waals surface area contributed by atoms with Crippen LogP contribution in [-0.2, 0) is 23.7 Å². The number of ether oxygens (including phenoxy) is 2. The van der Waals surface area contributed by atoms with Crippen LogP contribution in [0.25, 0.3) is 0 Å². The molecule has 0 radical (unpaired) electrons. The molecule has 1 aromatic carbocycles. The van der Waals surface area contributed by atoms with E-state index < -0.39 is 0 Å². The van der Waals surface area contributed by atoms with Gasteiger partial charge < -0.3 is 39.0 Å². The molecule has 1 saturated heterocycles. The third-order valence-electron chi connectivity index (χ3n) is 7.56. The monoisotopic (exact) mass is 619 g/mol. The minimum Gasteiger partial charge on any atom is -0.493 e. The van der Waals surface area contributed by atoms with E-state index in [0.717, 1.165) is 37.0 Å². The second-order valence-electron chi connectivity index (χ2n) is 11.2. The van der Waals surface area contributed by atoms with Gasteiger partial charge in [-0.05, 0) is 49.9 Å². The molecule has 4 rings (SSSR count). The predicted molar refractivity (Wildman–Crippen MR) is 172 cm³/mol. The summed E-state index contributed by atoms with van der Waals surface area (Å²) in [6.45, 7) is 2.94. The Morgan fingerprint density at radius 2 is 1.71 bits per heavy atom. The number of benzene rings is 1. The number of anilines is 2. The number of aromatic nitrogens is 2. The summed E-state index contributed by atoms with van der Waals surface area (Å²) < 4.78 is 14.7. The van der Waals surface area contributed by atoms with Gasteiger partial charge in [0.1, 0.15) is 11.4 Å². The molecule has 13 heteroatoms. The maximum Gasteiger partial charge on any atom is 0.272 e. The van der Waals surface area contributed by atoms with Crippen LogP contribution in [0.3, 0.4) is 0 Å². The van der Waals surface area contributed by atoms with Gasteiger partial charge in [-0.15, -0.1) is 0 Å². The van der Waals surface area contributed by atoms with Crippen LogP contribution >= 0.6 is 0 Å². The Balaban J connectivity index is 1.29. The summed E-state index contributed by atoms with van der Waals surface area (Å²) in [5.74, 6) is 0.318. The van der Waals surface area contributed by atoms with E-state index in [9.17, 15) is 19.2 Å². The summed E-state index contributed by atoms with van der Waals surface area (Å²) in [5, 5.41) is 5.64. The highest BCUT2D eigenvalue weighted by Crippen LogP contribution is 2.35. The normalized spacial score (nSPS) is 14.4. The molecule has 240 valence electrons. The van der Waals surface area contributed by atoms with Crippen LogP contribution in [0.1, 0.15) is 52.2 Å². The topological polar surface area (TPSA) is 140 Å². The molecular weight excluding hydrogens is 578 g/mol. The molecule has 0 saturated carbocycles. The van der Waals surface area contributed by atoms with E-state index in [1.807, 2.05) is 13.0 Å². The zero-order valence-corrected chi connectivity index (χ0v) is 26.6. The van der Waals surface area contributed by atoms with Gasteiger partial charge in [0.2, 0.25) is 12.3 Å². The molecule has 1 aliphatic heterocycles. The molecule has 0 bridgehead atoms. The van der Waals surface area contributed by atoms with Crippen molar-refractivity contribution in [3.63, 3.8) is 0 Å². The highest BCUT2D eigenvalue weighted by Gasteiger charge is 2.21. The Bertz CT molecular complexity index is 1590. The molecule has 4 amide bonds. The number of rotatable bonds is 13. The number of aryl methyl sites for hydroxylation is 3. The van der Waals surface area contributed by atoms with E-state index in [0.29, 0.717) is 40.7 Å². The molecule has 2 aromatic heterocycles. The average Bonchev–Trinajstić information content (AvgIpc) is 3.72. The van der Waals surface area contributed by atoms with Crippen molar-refractivity contribution in [3.05, 3.63) is 53.6 Å². The average molecular weight is 620 g/mol. The first-order valence-corrected chi connectivity index (χ1v) is 14.7. The van der Waals surface area contributed by atoms with Gasteiger partial charge in [0.05, 0.1) is 36.8 Å². The Kier molecular flexibility index (Phi) is 10.7. The van der Waals surface area contributed by atoms with Gasteiger partial charge in [0, 0.05) is 65.8 Å².